The fraction of sp³-hybridized carbons (Fsp3) is 0.500. The Morgan fingerprint density at radius 2 is 2.07 bits per heavy atom. The summed E-state index contributed by atoms with van der Waals surface area (Å²) in [5.41, 5.74) is 3.97. The van der Waals surface area contributed by atoms with Crippen LogP contribution in [0.3, 0.4) is 0 Å². The van der Waals surface area contributed by atoms with Gasteiger partial charge in [-0.05, 0) is 49.9 Å². The number of aromatic amines is 1. The Labute approximate surface area is 166 Å². The van der Waals surface area contributed by atoms with E-state index < -0.39 is 0 Å². The van der Waals surface area contributed by atoms with Gasteiger partial charge in [-0.25, -0.2) is 4.98 Å². The Hall–Kier alpha value is -1.85. The van der Waals surface area contributed by atoms with Crippen molar-refractivity contribution in [1.29, 1.82) is 0 Å². The lowest BCUT2D eigenvalue weighted by Gasteiger charge is -2.31. The van der Waals surface area contributed by atoms with Crippen LogP contribution in [0.4, 0.5) is 5.13 Å². The van der Waals surface area contributed by atoms with Gasteiger partial charge in [0.15, 0.2) is 5.13 Å². The van der Waals surface area contributed by atoms with E-state index in [1.165, 1.54) is 54.3 Å². The number of nitrogens with zero attached hydrogens (tertiary/aromatic N) is 2. The zero-order valence-corrected chi connectivity index (χ0v) is 17.0. The summed E-state index contributed by atoms with van der Waals surface area (Å²) < 4.78 is 0. The van der Waals surface area contributed by atoms with Crippen LogP contribution >= 0.6 is 11.3 Å². The number of anilines is 1. The van der Waals surface area contributed by atoms with E-state index in [1.807, 2.05) is 0 Å². The maximum atomic E-state index is 4.77. The average Bonchev–Trinajstić information content (AvgIpc) is 3.33. The minimum absolute atomic E-state index is 0.670. The van der Waals surface area contributed by atoms with Gasteiger partial charge in [-0.3, -0.25) is 4.90 Å². The Kier molecular flexibility index (Phi) is 6.10. The lowest BCUT2D eigenvalue weighted by atomic mass is 9.89. The normalized spacial score (nSPS) is 16.2. The molecule has 0 aliphatic carbocycles. The highest BCUT2D eigenvalue weighted by molar-refractivity contribution is 7.13. The number of rotatable bonds is 8. The van der Waals surface area contributed by atoms with E-state index in [0.29, 0.717) is 5.92 Å². The van der Waals surface area contributed by atoms with Crippen LogP contribution in [0.1, 0.15) is 56.2 Å². The molecule has 5 heteroatoms. The van der Waals surface area contributed by atoms with Gasteiger partial charge in [0.1, 0.15) is 0 Å². The summed E-state index contributed by atoms with van der Waals surface area (Å²) in [7, 11) is 0. The maximum absolute atomic E-state index is 4.77. The second kappa shape index (κ2) is 8.89. The molecular formula is C22H30N4S. The molecule has 1 aliphatic rings. The first-order chi connectivity index (χ1) is 13.3. The number of thiazole rings is 1. The summed E-state index contributed by atoms with van der Waals surface area (Å²) in [6.07, 6.45) is 8.47. The van der Waals surface area contributed by atoms with Gasteiger partial charge in [0.2, 0.25) is 0 Å². The maximum Gasteiger partial charge on any atom is 0.182 e. The van der Waals surface area contributed by atoms with Crippen molar-refractivity contribution >= 4 is 27.4 Å². The van der Waals surface area contributed by atoms with E-state index in [9.17, 15) is 0 Å². The van der Waals surface area contributed by atoms with E-state index in [4.69, 9.17) is 4.98 Å². The van der Waals surface area contributed by atoms with Crippen LogP contribution < -0.4 is 5.32 Å². The lowest BCUT2D eigenvalue weighted by Crippen LogP contribution is -2.32. The number of unbranched alkanes of at least 4 members (excludes halogenated alkanes) is 2. The number of aromatic nitrogens is 2. The second-order valence-electron chi connectivity index (χ2n) is 7.62. The number of benzene rings is 1. The van der Waals surface area contributed by atoms with Crippen molar-refractivity contribution < 1.29 is 0 Å². The Morgan fingerprint density at radius 1 is 1.22 bits per heavy atom. The first kappa shape index (κ1) is 18.5. The van der Waals surface area contributed by atoms with Gasteiger partial charge in [-0.15, -0.1) is 11.3 Å². The highest BCUT2D eigenvalue weighted by Crippen LogP contribution is 2.33. The van der Waals surface area contributed by atoms with E-state index >= 15 is 0 Å². The molecule has 27 heavy (non-hydrogen) atoms. The molecule has 1 fully saturated rings. The quantitative estimate of drug-likeness (QED) is 0.498. The lowest BCUT2D eigenvalue weighted by molar-refractivity contribution is 0.203. The Bertz CT molecular complexity index is 845. The summed E-state index contributed by atoms with van der Waals surface area (Å²) in [5.74, 6) is 0.670. The van der Waals surface area contributed by atoms with Crippen molar-refractivity contribution in [2.45, 2.75) is 51.5 Å². The molecule has 1 aromatic carbocycles. The molecule has 0 radical (unpaired) electrons. The van der Waals surface area contributed by atoms with Crippen LogP contribution in [0.25, 0.3) is 10.9 Å². The predicted molar refractivity (Wildman–Crippen MR) is 116 cm³/mol. The highest BCUT2D eigenvalue weighted by Gasteiger charge is 2.23. The smallest absolute Gasteiger partial charge is 0.182 e. The van der Waals surface area contributed by atoms with Crippen molar-refractivity contribution in [2.24, 2.45) is 0 Å². The summed E-state index contributed by atoms with van der Waals surface area (Å²) in [6.45, 7) is 6.57. The van der Waals surface area contributed by atoms with Crippen molar-refractivity contribution in [3.05, 3.63) is 47.1 Å². The first-order valence-corrected chi connectivity index (χ1v) is 11.2. The molecule has 0 atom stereocenters. The second-order valence-corrected chi connectivity index (χ2v) is 8.48. The van der Waals surface area contributed by atoms with Crippen LogP contribution in [-0.4, -0.2) is 34.5 Å². The molecule has 0 unspecified atom stereocenters. The molecule has 0 spiro atoms. The largest absolute Gasteiger partial charge is 0.362 e. The third-order valence-corrected chi connectivity index (χ3v) is 6.49. The Morgan fingerprint density at radius 3 is 2.93 bits per heavy atom. The Balaban J connectivity index is 1.28. The van der Waals surface area contributed by atoms with E-state index in [0.717, 1.165) is 31.3 Å². The standard InChI is InChI=1S/C22H30N4S/c1-2-3-6-11-23-22-25-18(16-27-22)15-26-12-9-17(10-13-26)20-14-24-21-8-5-4-7-19(20)21/h4-5,7-8,14,16-17,24H,2-3,6,9-13,15H2,1H3,(H,23,25). The molecule has 1 aliphatic heterocycles. The highest BCUT2D eigenvalue weighted by atomic mass is 32.1. The first-order valence-electron chi connectivity index (χ1n) is 10.3. The topological polar surface area (TPSA) is 44.0 Å². The van der Waals surface area contributed by atoms with Crippen LogP contribution in [-0.2, 0) is 6.54 Å². The number of piperidine rings is 1. The van der Waals surface area contributed by atoms with Gasteiger partial charge in [0, 0.05) is 35.6 Å². The van der Waals surface area contributed by atoms with E-state index in [1.54, 1.807) is 11.3 Å². The fourth-order valence-electron chi connectivity index (χ4n) is 4.09. The molecule has 144 valence electrons. The van der Waals surface area contributed by atoms with Crippen molar-refractivity contribution in [2.75, 3.05) is 25.0 Å². The SMILES string of the molecule is CCCCCNc1nc(CN2CCC(c3c[nH]c4ccccc34)CC2)cs1. The van der Waals surface area contributed by atoms with Gasteiger partial charge in [0.25, 0.3) is 0 Å². The summed E-state index contributed by atoms with van der Waals surface area (Å²) in [6, 6.07) is 8.67. The van der Waals surface area contributed by atoms with Gasteiger partial charge in [-0.2, -0.15) is 0 Å². The molecule has 2 aromatic heterocycles. The number of hydrogen-bond acceptors (Lipinski definition) is 4. The number of likely N-dealkylation sites (tertiary alicyclic amines) is 1. The van der Waals surface area contributed by atoms with Crippen LogP contribution in [0.15, 0.2) is 35.8 Å². The number of H-pyrrole nitrogens is 1. The van der Waals surface area contributed by atoms with Crippen LogP contribution in [0.5, 0.6) is 0 Å². The molecule has 4 rings (SSSR count). The molecule has 4 nitrogen and oxygen atoms in total. The van der Waals surface area contributed by atoms with E-state index in [2.05, 4.69) is 58.0 Å². The minimum atomic E-state index is 0.670. The molecular weight excluding hydrogens is 352 g/mol. The molecule has 3 aromatic rings. The molecule has 2 N–H and O–H groups in total. The predicted octanol–water partition coefficient (Wildman–Crippen LogP) is 5.61. The van der Waals surface area contributed by atoms with Crippen molar-refractivity contribution in [1.82, 2.24) is 14.9 Å². The van der Waals surface area contributed by atoms with Gasteiger partial charge in [0.05, 0.1) is 5.69 Å². The number of hydrogen-bond donors (Lipinski definition) is 2. The van der Waals surface area contributed by atoms with Crippen molar-refractivity contribution in [3.63, 3.8) is 0 Å². The number of nitrogens with one attached hydrogen (secondary N) is 2. The monoisotopic (exact) mass is 382 g/mol. The summed E-state index contributed by atoms with van der Waals surface area (Å²) in [4.78, 5) is 10.8. The minimum Gasteiger partial charge on any atom is -0.362 e. The number of fused-ring (bicyclic) bond motifs is 1. The molecule has 0 bridgehead atoms. The third-order valence-electron chi connectivity index (χ3n) is 5.64. The molecule has 0 amide bonds. The zero-order valence-electron chi connectivity index (χ0n) is 16.2. The van der Waals surface area contributed by atoms with Gasteiger partial charge in [-0.1, -0.05) is 38.0 Å². The zero-order chi connectivity index (χ0) is 18.5. The van der Waals surface area contributed by atoms with Crippen LogP contribution in [0.2, 0.25) is 0 Å². The molecule has 0 saturated carbocycles. The third kappa shape index (κ3) is 4.53. The fourth-order valence-corrected chi connectivity index (χ4v) is 4.82. The number of para-hydroxylation sites is 1. The van der Waals surface area contributed by atoms with Crippen molar-refractivity contribution in [3.8, 4) is 0 Å². The van der Waals surface area contributed by atoms with Gasteiger partial charge >= 0.3 is 0 Å². The molecule has 1 saturated heterocycles. The summed E-state index contributed by atoms with van der Waals surface area (Å²) >= 11 is 1.74. The molecule has 3 heterocycles. The van der Waals surface area contributed by atoms with Crippen LogP contribution in [0, 0.1) is 0 Å². The average molecular weight is 383 g/mol. The summed E-state index contributed by atoms with van der Waals surface area (Å²) in [5, 5.41) is 8.16. The van der Waals surface area contributed by atoms with E-state index in [-0.39, 0.29) is 0 Å². The van der Waals surface area contributed by atoms with Gasteiger partial charge < -0.3 is 10.3 Å².